The van der Waals surface area contributed by atoms with E-state index >= 15 is 0 Å². The Balaban J connectivity index is 1.97. The maximum absolute atomic E-state index is 12.7. The topological polar surface area (TPSA) is 107 Å². The number of amides is 1. The Hall–Kier alpha value is -3.27. The van der Waals surface area contributed by atoms with Crippen LogP contribution in [-0.4, -0.2) is 52.6 Å². The number of nitrogens with one attached hydrogen (secondary N) is 1. The van der Waals surface area contributed by atoms with Crippen molar-refractivity contribution in [3.05, 3.63) is 47.5 Å². The van der Waals surface area contributed by atoms with E-state index in [2.05, 4.69) is 9.82 Å². The Morgan fingerprint density at radius 3 is 2.16 bits per heavy atom. The molecule has 10 heteroatoms. The number of hydrogen-bond acceptors (Lipinski definition) is 7. The highest BCUT2D eigenvalue weighted by molar-refractivity contribution is 7.92. The van der Waals surface area contributed by atoms with Crippen LogP contribution in [0.1, 0.15) is 36.9 Å². The number of benzene rings is 2. The van der Waals surface area contributed by atoms with Crippen LogP contribution in [-0.2, 0) is 14.8 Å². The van der Waals surface area contributed by atoms with Crippen molar-refractivity contribution >= 4 is 27.3 Å². The lowest BCUT2D eigenvalue weighted by Crippen LogP contribution is -2.26. The Kier molecular flexibility index (Phi) is 6.93. The standard InChI is InChI=1S/C22H27N3O6S/c1-6-21(26)25-18(15-11-19(29-2)22(31-4)20(12-15)30-3)13-17(23-25)14-7-9-16(10-8-14)24-32(5,27)28/h7-12,18,24H,6,13H2,1-5H3/t18-/m0/s1. The van der Waals surface area contributed by atoms with Gasteiger partial charge in [0.15, 0.2) is 11.5 Å². The first-order chi connectivity index (χ1) is 15.2. The molecule has 2 aromatic rings. The van der Waals surface area contributed by atoms with E-state index in [9.17, 15) is 13.2 Å². The van der Waals surface area contributed by atoms with Gasteiger partial charge in [-0.15, -0.1) is 0 Å². The average Bonchev–Trinajstić information content (AvgIpc) is 3.22. The van der Waals surface area contributed by atoms with Crippen molar-refractivity contribution in [3.63, 3.8) is 0 Å². The van der Waals surface area contributed by atoms with E-state index < -0.39 is 10.0 Å². The molecule has 0 saturated heterocycles. The largest absolute Gasteiger partial charge is 0.493 e. The second-order valence-corrected chi connectivity index (χ2v) is 9.02. The van der Waals surface area contributed by atoms with Crippen molar-refractivity contribution < 1.29 is 27.4 Å². The van der Waals surface area contributed by atoms with E-state index in [0.717, 1.165) is 23.1 Å². The van der Waals surface area contributed by atoms with Gasteiger partial charge in [-0.2, -0.15) is 5.10 Å². The quantitative estimate of drug-likeness (QED) is 0.647. The van der Waals surface area contributed by atoms with Gasteiger partial charge in [0.2, 0.25) is 21.7 Å². The smallest absolute Gasteiger partial charge is 0.242 e. The monoisotopic (exact) mass is 461 g/mol. The molecule has 0 aliphatic carbocycles. The van der Waals surface area contributed by atoms with Gasteiger partial charge in [-0.1, -0.05) is 19.1 Å². The molecule has 0 saturated carbocycles. The van der Waals surface area contributed by atoms with Crippen LogP contribution in [0.4, 0.5) is 5.69 Å². The molecule has 0 unspecified atom stereocenters. The predicted molar refractivity (Wildman–Crippen MR) is 122 cm³/mol. The summed E-state index contributed by atoms with van der Waals surface area (Å²) in [6.07, 6.45) is 1.87. The van der Waals surface area contributed by atoms with Crippen LogP contribution in [0.2, 0.25) is 0 Å². The van der Waals surface area contributed by atoms with Gasteiger partial charge < -0.3 is 14.2 Å². The molecular weight excluding hydrogens is 434 g/mol. The van der Waals surface area contributed by atoms with Crippen LogP contribution >= 0.6 is 0 Å². The summed E-state index contributed by atoms with van der Waals surface area (Å²) in [5.41, 5.74) is 2.78. The second kappa shape index (κ2) is 9.47. The molecule has 32 heavy (non-hydrogen) atoms. The van der Waals surface area contributed by atoms with Gasteiger partial charge in [-0.25, -0.2) is 13.4 Å². The van der Waals surface area contributed by atoms with Gasteiger partial charge in [-0.05, 0) is 35.4 Å². The number of carbonyl (C=O) groups excluding carboxylic acids is 1. The molecule has 2 aromatic carbocycles. The SMILES string of the molecule is CCC(=O)N1N=C(c2ccc(NS(C)(=O)=O)cc2)C[C@H]1c1cc(OC)c(OC)c(OC)c1. The zero-order valence-corrected chi connectivity index (χ0v) is 19.5. The number of hydrogen-bond donors (Lipinski definition) is 1. The van der Waals surface area contributed by atoms with Crippen LogP contribution < -0.4 is 18.9 Å². The first-order valence-electron chi connectivity index (χ1n) is 9.98. The maximum atomic E-state index is 12.7. The number of hydrazone groups is 1. The highest BCUT2D eigenvalue weighted by atomic mass is 32.2. The summed E-state index contributed by atoms with van der Waals surface area (Å²) >= 11 is 0. The molecule has 1 atom stereocenters. The van der Waals surface area contributed by atoms with Crippen molar-refractivity contribution in [2.45, 2.75) is 25.8 Å². The molecule has 9 nitrogen and oxygen atoms in total. The number of sulfonamides is 1. The fourth-order valence-electron chi connectivity index (χ4n) is 3.57. The minimum atomic E-state index is -3.36. The molecule has 0 fully saturated rings. The van der Waals surface area contributed by atoms with Crippen LogP contribution in [0.25, 0.3) is 0 Å². The normalized spacial score (nSPS) is 15.8. The van der Waals surface area contributed by atoms with Crippen LogP contribution in [0.3, 0.4) is 0 Å². The van der Waals surface area contributed by atoms with Crippen molar-refractivity contribution in [1.29, 1.82) is 0 Å². The zero-order valence-electron chi connectivity index (χ0n) is 18.7. The molecule has 0 spiro atoms. The maximum Gasteiger partial charge on any atom is 0.242 e. The van der Waals surface area contributed by atoms with Crippen LogP contribution in [0.15, 0.2) is 41.5 Å². The molecule has 1 aliphatic rings. The number of carbonyl (C=O) groups is 1. The summed E-state index contributed by atoms with van der Waals surface area (Å²) in [4.78, 5) is 12.7. The summed E-state index contributed by atoms with van der Waals surface area (Å²) < 4.78 is 41.6. The third-order valence-electron chi connectivity index (χ3n) is 5.06. The van der Waals surface area contributed by atoms with Gasteiger partial charge in [0.1, 0.15) is 0 Å². The summed E-state index contributed by atoms with van der Waals surface area (Å²) in [6, 6.07) is 10.2. The minimum absolute atomic E-state index is 0.117. The van der Waals surface area contributed by atoms with Crippen molar-refractivity contribution in [2.24, 2.45) is 5.10 Å². The zero-order chi connectivity index (χ0) is 23.5. The van der Waals surface area contributed by atoms with Crippen molar-refractivity contribution in [3.8, 4) is 17.2 Å². The highest BCUT2D eigenvalue weighted by Crippen LogP contribution is 2.43. The number of ether oxygens (including phenoxy) is 3. The first kappa shape index (κ1) is 23.4. The number of rotatable bonds is 8. The summed E-state index contributed by atoms with van der Waals surface area (Å²) in [7, 11) is 1.25. The average molecular weight is 462 g/mol. The van der Waals surface area contributed by atoms with E-state index in [0.29, 0.717) is 35.8 Å². The number of methoxy groups -OCH3 is 3. The highest BCUT2D eigenvalue weighted by Gasteiger charge is 2.33. The Bertz CT molecular complexity index is 1100. The Morgan fingerprint density at radius 2 is 1.69 bits per heavy atom. The van der Waals surface area contributed by atoms with E-state index in [1.165, 1.54) is 12.1 Å². The lowest BCUT2D eigenvalue weighted by atomic mass is 9.97. The lowest BCUT2D eigenvalue weighted by Gasteiger charge is -2.23. The fraction of sp³-hybridized carbons (Fsp3) is 0.364. The van der Waals surface area contributed by atoms with Crippen LogP contribution in [0.5, 0.6) is 17.2 Å². The molecule has 1 aliphatic heterocycles. The molecule has 1 heterocycles. The summed E-state index contributed by atoms with van der Waals surface area (Å²) in [5, 5.41) is 6.08. The van der Waals surface area contributed by atoms with Gasteiger partial charge in [0, 0.05) is 18.5 Å². The molecule has 0 radical (unpaired) electrons. The fourth-order valence-corrected chi connectivity index (χ4v) is 4.14. The summed E-state index contributed by atoms with van der Waals surface area (Å²) in [5.74, 6) is 1.35. The molecular formula is C22H27N3O6S. The molecule has 0 bridgehead atoms. The second-order valence-electron chi connectivity index (χ2n) is 7.27. The van der Waals surface area contributed by atoms with Crippen molar-refractivity contribution in [1.82, 2.24) is 5.01 Å². The summed E-state index contributed by atoms with van der Waals surface area (Å²) in [6.45, 7) is 1.79. The third kappa shape index (κ3) is 4.96. The Morgan fingerprint density at radius 1 is 1.09 bits per heavy atom. The van der Waals surface area contributed by atoms with Crippen molar-refractivity contribution in [2.75, 3.05) is 32.3 Å². The molecule has 172 valence electrons. The Labute approximate surface area is 188 Å². The van der Waals surface area contributed by atoms with E-state index in [1.54, 1.807) is 45.4 Å². The van der Waals surface area contributed by atoms with E-state index in [1.807, 2.05) is 12.1 Å². The predicted octanol–water partition coefficient (Wildman–Crippen LogP) is 3.17. The van der Waals surface area contributed by atoms with Gasteiger partial charge in [0.05, 0.1) is 39.3 Å². The minimum Gasteiger partial charge on any atom is -0.493 e. The third-order valence-corrected chi connectivity index (χ3v) is 5.67. The molecule has 3 rings (SSSR count). The van der Waals surface area contributed by atoms with Gasteiger partial charge >= 0.3 is 0 Å². The number of anilines is 1. The van der Waals surface area contributed by atoms with Gasteiger partial charge in [0.25, 0.3) is 0 Å². The molecule has 0 aromatic heterocycles. The lowest BCUT2D eigenvalue weighted by molar-refractivity contribution is -0.132. The molecule has 1 amide bonds. The van der Waals surface area contributed by atoms with Gasteiger partial charge in [-0.3, -0.25) is 9.52 Å². The van der Waals surface area contributed by atoms with E-state index in [4.69, 9.17) is 14.2 Å². The molecule has 1 N–H and O–H groups in total. The first-order valence-corrected chi connectivity index (χ1v) is 11.9. The van der Waals surface area contributed by atoms with E-state index in [-0.39, 0.29) is 11.9 Å². The number of nitrogens with zero attached hydrogens (tertiary/aromatic N) is 2. The van der Waals surface area contributed by atoms with Crippen LogP contribution in [0, 0.1) is 0 Å².